The molecule has 2 amide bonds. The first-order valence-electron chi connectivity index (χ1n) is 9.27. The smallest absolute Gasteiger partial charge is 0.225 e. The van der Waals surface area contributed by atoms with Crippen LogP contribution in [0.15, 0.2) is 24.3 Å². The molecule has 1 heterocycles. The molecule has 0 spiro atoms. The number of carbonyl (C=O) groups is 2. The molecule has 2 aliphatic rings. The summed E-state index contributed by atoms with van der Waals surface area (Å²) in [6, 6.07) is 6.35. The van der Waals surface area contributed by atoms with Crippen molar-refractivity contribution in [3.8, 4) is 0 Å². The van der Waals surface area contributed by atoms with Crippen LogP contribution in [0.5, 0.6) is 0 Å². The molecule has 1 N–H and O–H groups in total. The molecule has 1 aliphatic carbocycles. The molecule has 25 heavy (non-hydrogen) atoms. The molecule has 5 heteroatoms. The minimum atomic E-state index is -0.289. The van der Waals surface area contributed by atoms with Crippen molar-refractivity contribution in [2.75, 3.05) is 6.54 Å². The summed E-state index contributed by atoms with van der Waals surface area (Å²) >= 11 is 0. The van der Waals surface area contributed by atoms with Crippen LogP contribution in [0.25, 0.3) is 0 Å². The number of carbonyl (C=O) groups excluding carboxylic acids is 2. The van der Waals surface area contributed by atoms with Crippen LogP contribution < -0.4 is 5.32 Å². The second-order valence-corrected chi connectivity index (χ2v) is 7.63. The standard InChI is InChI=1S/C20H27FN2O2/c1-13-4-3-5-18(14(13)2)23-12-16(10-19(23)24)20(25)22-11-15-6-8-17(21)9-7-15/h6-9,13-14,16,18H,3-5,10-12H2,1-2H3,(H,22,25)/t13-,14-,16-,18+/m1/s1. The van der Waals surface area contributed by atoms with Crippen LogP contribution >= 0.6 is 0 Å². The molecule has 1 aromatic rings. The molecule has 1 aromatic carbocycles. The van der Waals surface area contributed by atoms with Crippen LogP contribution in [0.2, 0.25) is 0 Å². The molecule has 3 rings (SSSR count). The van der Waals surface area contributed by atoms with Crippen molar-refractivity contribution in [3.05, 3.63) is 35.6 Å². The van der Waals surface area contributed by atoms with Crippen LogP contribution in [-0.2, 0) is 16.1 Å². The van der Waals surface area contributed by atoms with Crippen LogP contribution in [0, 0.1) is 23.6 Å². The molecular weight excluding hydrogens is 319 g/mol. The van der Waals surface area contributed by atoms with E-state index >= 15 is 0 Å². The Kier molecular flexibility index (Phi) is 5.40. The zero-order chi connectivity index (χ0) is 18.0. The van der Waals surface area contributed by atoms with Crippen LogP contribution in [0.4, 0.5) is 4.39 Å². The minimum Gasteiger partial charge on any atom is -0.352 e. The number of likely N-dealkylation sites (tertiary alicyclic amines) is 1. The van der Waals surface area contributed by atoms with Crippen molar-refractivity contribution in [2.24, 2.45) is 17.8 Å². The average Bonchev–Trinajstić information content (AvgIpc) is 2.98. The Morgan fingerprint density at radius 3 is 2.68 bits per heavy atom. The van der Waals surface area contributed by atoms with Crippen LogP contribution in [0.1, 0.15) is 45.1 Å². The molecule has 0 aromatic heterocycles. The summed E-state index contributed by atoms with van der Waals surface area (Å²) in [7, 11) is 0. The van der Waals surface area contributed by atoms with E-state index in [1.807, 2.05) is 4.90 Å². The maximum Gasteiger partial charge on any atom is 0.225 e. The summed E-state index contributed by atoms with van der Waals surface area (Å²) in [6.45, 7) is 5.37. The third-order valence-electron chi connectivity index (χ3n) is 5.97. The van der Waals surface area contributed by atoms with Gasteiger partial charge in [-0.1, -0.05) is 38.8 Å². The van der Waals surface area contributed by atoms with Gasteiger partial charge in [0.25, 0.3) is 0 Å². The summed E-state index contributed by atoms with van der Waals surface area (Å²) in [5.41, 5.74) is 0.852. The number of amides is 2. The van der Waals surface area contributed by atoms with E-state index in [1.54, 1.807) is 12.1 Å². The maximum atomic E-state index is 12.9. The Morgan fingerprint density at radius 1 is 1.24 bits per heavy atom. The monoisotopic (exact) mass is 346 g/mol. The van der Waals surface area contributed by atoms with Crippen molar-refractivity contribution in [1.82, 2.24) is 10.2 Å². The highest BCUT2D eigenvalue weighted by atomic mass is 19.1. The van der Waals surface area contributed by atoms with Crippen molar-refractivity contribution in [1.29, 1.82) is 0 Å². The largest absolute Gasteiger partial charge is 0.352 e. The van der Waals surface area contributed by atoms with Gasteiger partial charge in [0.2, 0.25) is 11.8 Å². The van der Waals surface area contributed by atoms with E-state index in [-0.39, 0.29) is 29.6 Å². The van der Waals surface area contributed by atoms with Crippen molar-refractivity contribution in [3.63, 3.8) is 0 Å². The van der Waals surface area contributed by atoms with Crippen molar-refractivity contribution in [2.45, 2.75) is 52.1 Å². The summed E-state index contributed by atoms with van der Waals surface area (Å²) in [4.78, 5) is 26.8. The third-order valence-corrected chi connectivity index (χ3v) is 5.97. The van der Waals surface area contributed by atoms with Gasteiger partial charge in [-0.05, 0) is 36.0 Å². The minimum absolute atomic E-state index is 0.0864. The number of hydrogen-bond donors (Lipinski definition) is 1. The summed E-state index contributed by atoms with van der Waals surface area (Å²) in [5, 5.41) is 2.88. The first kappa shape index (κ1) is 17.9. The summed E-state index contributed by atoms with van der Waals surface area (Å²) < 4.78 is 12.9. The Hall–Kier alpha value is -1.91. The molecule has 4 nitrogen and oxygen atoms in total. The topological polar surface area (TPSA) is 49.4 Å². The van der Waals surface area contributed by atoms with E-state index in [0.29, 0.717) is 31.3 Å². The molecule has 4 atom stereocenters. The Bertz CT molecular complexity index is 631. The first-order chi connectivity index (χ1) is 12.0. The summed E-state index contributed by atoms with van der Waals surface area (Å²) in [6.07, 6.45) is 3.72. The first-order valence-corrected chi connectivity index (χ1v) is 9.27. The van der Waals surface area contributed by atoms with Gasteiger partial charge in [-0.3, -0.25) is 9.59 Å². The fourth-order valence-corrected chi connectivity index (χ4v) is 4.16. The molecule has 1 saturated carbocycles. The Balaban J connectivity index is 1.56. The molecule has 136 valence electrons. The zero-order valence-electron chi connectivity index (χ0n) is 15.0. The second kappa shape index (κ2) is 7.54. The van der Waals surface area contributed by atoms with E-state index in [9.17, 15) is 14.0 Å². The molecule has 1 aliphatic heterocycles. The lowest BCUT2D eigenvalue weighted by Crippen LogP contribution is -2.45. The van der Waals surface area contributed by atoms with Gasteiger partial charge in [-0.15, -0.1) is 0 Å². The van der Waals surface area contributed by atoms with Gasteiger partial charge < -0.3 is 10.2 Å². The van der Waals surface area contributed by atoms with Gasteiger partial charge in [0, 0.05) is 25.6 Å². The number of benzene rings is 1. The van der Waals surface area contributed by atoms with E-state index in [1.165, 1.54) is 18.6 Å². The van der Waals surface area contributed by atoms with Crippen LogP contribution in [-0.4, -0.2) is 29.3 Å². The molecular formula is C20H27FN2O2. The maximum absolute atomic E-state index is 12.9. The highest BCUT2D eigenvalue weighted by Gasteiger charge is 2.41. The Morgan fingerprint density at radius 2 is 1.96 bits per heavy atom. The van der Waals surface area contributed by atoms with Gasteiger partial charge >= 0.3 is 0 Å². The molecule has 0 radical (unpaired) electrons. The lowest BCUT2D eigenvalue weighted by molar-refractivity contribution is -0.132. The van der Waals surface area contributed by atoms with Crippen molar-refractivity contribution < 1.29 is 14.0 Å². The number of hydrogen-bond acceptors (Lipinski definition) is 2. The third kappa shape index (κ3) is 4.02. The predicted molar refractivity (Wildman–Crippen MR) is 94.0 cm³/mol. The molecule has 2 fully saturated rings. The zero-order valence-corrected chi connectivity index (χ0v) is 15.0. The average molecular weight is 346 g/mol. The van der Waals surface area contributed by atoms with Gasteiger partial charge in [-0.2, -0.15) is 0 Å². The number of nitrogens with zero attached hydrogens (tertiary/aromatic N) is 1. The lowest BCUT2D eigenvalue weighted by atomic mass is 9.77. The van der Waals surface area contributed by atoms with Gasteiger partial charge in [0.05, 0.1) is 5.92 Å². The second-order valence-electron chi connectivity index (χ2n) is 7.63. The van der Waals surface area contributed by atoms with Gasteiger partial charge in [-0.25, -0.2) is 4.39 Å². The fraction of sp³-hybridized carbons (Fsp3) is 0.600. The highest BCUT2D eigenvalue weighted by molar-refractivity contribution is 5.89. The van der Waals surface area contributed by atoms with E-state index in [0.717, 1.165) is 18.4 Å². The Labute approximate surface area is 148 Å². The summed E-state index contributed by atoms with van der Waals surface area (Å²) in [5.74, 6) is 0.557. The van der Waals surface area contributed by atoms with E-state index < -0.39 is 0 Å². The SMILES string of the molecule is C[C@@H]1[C@H](C)CCC[C@@H]1N1C[C@H](C(=O)NCc2ccc(F)cc2)CC1=O. The molecule has 0 bridgehead atoms. The van der Waals surface area contributed by atoms with Crippen molar-refractivity contribution >= 4 is 11.8 Å². The molecule has 1 saturated heterocycles. The normalized spacial score (nSPS) is 29.7. The number of nitrogens with one attached hydrogen (secondary N) is 1. The lowest BCUT2D eigenvalue weighted by Gasteiger charge is -2.40. The quantitative estimate of drug-likeness (QED) is 0.911. The van der Waals surface area contributed by atoms with Gasteiger partial charge in [0.1, 0.15) is 5.82 Å². The van der Waals surface area contributed by atoms with E-state index in [2.05, 4.69) is 19.2 Å². The fourth-order valence-electron chi connectivity index (χ4n) is 4.16. The molecule has 0 unspecified atom stereocenters. The van der Waals surface area contributed by atoms with Crippen LogP contribution in [0.3, 0.4) is 0 Å². The van der Waals surface area contributed by atoms with Gasteiger partial charge in [0.15, 0.2) is 0 Å². The van der Waals surface area contributed by atoms with E-state index in [4.69, 9.17) is 0 Å². The predicted octanol–water partition coefficient (Wildman–Crippen LogP) is 3.12. The highest BCUT2D eigenvalue weighted by Crippen LogP contribution is 2.35. The number of halogens is 1. The number of rotatable bonds is 4.